The van der Waals surface area contributed by atoms with Crippen molar-refractivity contribution in [2.45, 2.75) is 82.8 Å². The number of esters is 1. The van der Waals surface area contributed by atoms with Crippen LogP contribution in [0.25, 0.3) is 0 Å². The smallest absolute Gasteiger partial charge is 0.338 e. The van der Waals surface area contributed by atoms with Gasteiger partial charge in [0.25, 0.3) is 0 Å². The van der Waals surface area contributed by atoms with Crippen molar-refractivity contribution in [3.05, 3.63) is 71.8 Å². The summed E-state index contributed by atoms with van der Waals surface area (Å²) in [7, 11) is -2.32. The van der Waals surface area contributed by atoms with Gasteiger partial charge in [-0.1, -0.05) is 69.3 Å². The standard InChI is InChI=1S/C28H38O7Si/c1-7-30-27-24(33-25(29)19-14-10-8-11-15-19)23(35-36(5,6)28(2,3)4)22-21(32-27)18-31-26(34-22)20-16-12-9-13-17-20/h8-17,21-24,26-27H,7,18H2,1-6H3/t21-,22-,23-,24-,26-,27?/m1/s1. The van der Waals surface area contributed by atoms with Crippen LogP contribution in [0, 0.1) is 0 Å². The number of ether oxygens (including phenoxy) is 5. The number of hydrogen-bond acceptors (Lipinski definition) is 7. The third-order valence-corrected chi connectivity index (χ3v) is 11.6. The highest BCUT2D eigenvalue weighted by Crippen LogP contribution is 2.42. The van der Waals surface area contributed by atoms with Crippen molar-refractivity contribution in [2.75, 3.05) is 13.2 Å². The van der Waals surface area contributed by atoms with E-state index in [0.717, 1.165) is 5.56 Å². The van der Waals surface area contributed by atoms with Crippen LogP contribution >= 0.6 is 0 Å². The average molecular weight is 515 g/mol. The van der Waals surface area contributed by atoms with Gasteiger partial charge in [-0.05, 0) is 37.2 Å². The van der Waals surface area contributed by atoms with E-state index in [-0.39, 0.29) is 5.04 Å². The van der Waals surface area contributed by atoms with Crippen LogP contribution in [0.4, 0.5) is 0 Å². The van der Waals surface area contributed by atoms with Gasteiger partial charge in [-0.25, -0.2) is 4.79 Å². The first-order valence-corrected chi connectivity index (χ1v) is 15.5. The molecule has 0 saturated carbocycles. The quantitative estimate of drug-likeness (QED) is 0.358. The van der Waals surface area contributed by atoms with Crippen LogP contribution in [-0.2, 0) is 28.1 Å². The molecule has 2 fully saturated rings. The lowest BCUT2D eigenvalue weighted by Crippen LogP contribution is -2.66. The normalized spacial score (nSPS) is 28.8. The highest BCUT2D eigenvalue weighted by Gasteiger charge is 2.55. The monoisotopic (exact) mass is 514 g/mol. The molecule has 0 bridgehead atoms. The predicted octanol–water partition coefficient (Wildman–Crippen LogP) is 5.48. The Morgan fingerprint density at radius 3 is 2.22 bits per heavy atom. The van der Waals surface area contributed by atoms with Crippen LogP contribution in [0.2, 0.25) is 18.1 Å². The Bertz CT molecular complexity index is 992. The molecule has 0 aliphatic carbocycles. The van der Waals surface area contributed by atoms with Crippen LogP contribution in [-0.4, -0.2) is 58.2 Å². The van der Waals surface area contributed by atoms with Crippen molar-refractivity contribution in [1.82, 2.24) is 0 Å². The molecule has 2 aliphatic rings. The third-order valence-electron chi connectivity index (χ3n) is 7.18. The third kappa shape index (κ3) is 5.90. The molecule has 4 rings (SSSR count). The van der Waals surface area contributed by atoms with E-state index in [4.69, 9.17) is 28.1 Å². The Morgan fingerprint density at radius 1 is 0.972 bits per heavy atom. The van der Waals surface area contributed by atoms with Gasteiger partial charge in [-0.3, -0.25) is 0 Å². The molecule has 2 aromatic carbocycles. The SMILES string of the molecule is CCOC1O[C@@H]2CO[C@@H](c3ccccc3)O[C@H]2[C@@H](O[Si](C)(C)C(C)(C)C)[C@H]1OC(=O)c1ccccc1. The summed E-state index contributed by atoms with van der Waals surface area (Å²) in [6.07, 6.45) is -3.73. The molecule has 6 atom stereocenters. The minimum Gasteiger partial charge on any atom is -0.450 e. The van der Waals surface area contributed by atoms with Gasteiger partial charge in [0, 0.05) is 12.2 Å². The summed E-state index contributed by atoms with van der Waals surface area (Å²) in [5.41, 5.74) is 1.36. The maximum absolute atomic E-state index is 13.2. The van der Waals surface area contributed by atoms with E-state index in [1.807, 2.05) is 43.3 Å². The molecular weight excluding hydrogens is 476 g/mol. The molecule has 0 amide bonds. The summed E-state index contributed by atoms with van der Waals surface area (Å²) in [5, 5.41) is -0.0695. The molecule has 0 spiro atoms. The summed E-state index contributed by atoms with van der Waals surface area (Å²) in [6.45, 7) is 13.5. The maximum atomic E-state index is 13.2. The Morgan fingerprint density at radius 2 is 1.61 bits per heavy atom. The number of benzene rings is 2. The lowest BCUT2D eigenvalue weighted by molar-refractivity contribution is -0.357. The van der Waals surface area contributed by atoms with Gasteiger partial charge in [0.05, 0.1) is 12.2 Å². The number of fused-ring (bicyclic) bond motifs is 1. The molecular formula is C28H38O7Si. The number of carbonyl (C=O) groups excluding carboxylic acids is 1. The molecule has 2 heterocycles. The fraction of sp³-hybridized carbons (Fsp3) is 0.536. The maximum Gasteiger partial charge on any atom is 0.338 e. The van der Waals surface area contributed by atoms with Crippen molar-refractivity contribution in [1.29, 1.82) is 0 Å². The summed E-state index contributed by atoms with van der Waals surface area (Å²) >= 11 is 0. The van der Waals surface area contributed by atoms with Gasteiger partial charge in [0.2, 0.25) is 0 Å². The average Bonchev–Trinajstić information content (AvgIpc) is 2.86. The Kier molecular flexibility index (Phi) is 8.34. The van der Waals surface area contributed by atoms with E-state index >= 15 is 0 Å². The minimum absolute atomic E-state index is 0.0695. The first-order valence-electron chi connectivity index (χ1n) is 12.6. The van der Waals surface area contributed by atoms with E-state index in [1.54, 1.807) is 24.3 Å². The van der Waals surface area contributed by atoms with Crippen LogP contribution in [0.5, 0.6) is 0 Å². The second-order valence-electron chi connectivity index (χ2n) is 10.8. The molecule has 2 saturated heterocycles. The van der Waals surface area contributed by atoms with Gasteiger partial charge in [0.1, 0.15) is 18.3 Å². The zero-order valence-corrected chi connectivity index (χ0v) is 23.0. The van der Waals surface area contributed by atoms with Crippen molar-refractivity contribution in [2.24, 2.45) is 0 Å². The summed E-state index contributed by atoms with van der Waals surface area (Å²) in [4.78, 5) is 13.2. The van der Waals surface area contributed by atoms with E-state index in [2.05, 4.69) is 33.9 Å². The first kappa shape index (κ1) is 27.0. The van der Waals surface area contributed by atoms with Gasteiger partial charge in [-0.2, -0.15) is 0 Å². The van der Waals surface area contributed by atoms with Crippen LogP contribution in [0.3, 0.4) is 0 Å². The highest BCUT2D eigenvalue weighted by molar-refractivity contribution is 6.74. The fourth-order valence-electron chi connectivity index (χ4n) is 4.17. The molecule has 1 unspecified atom stereocenters. The second-order valence-corrected chi connectivity index (χ2v) is 15.5. The lowest BCUT2D eigenvalue weighted by atomic mass is 9.97. The predicted molar refractivity (Wildman–Crippen MR) is 138 cm³/mol. The van der Waals surface area contributed by atoms with Gasteiger partial charge < -0.3 is 28.1 Å². The van der Waals surface area contributed by atoms with E-state index in [9.17, 15) is 4.79 Å². The Balaban J connectivity index is 1.68. The molecule has 0 N–H and O–H groups in total. The van der Waals surface area contributed by atoms with Gasteiger partial charge >= 0.3 is 5.97 Å². The van der Waals surface area contributed by atoms with Gasteiger partial charge in [-0.15, -0.1) is 0 Å². The molecule has 2 aliphatic heterocycles. The molecule has 2 aromatic rings. The summed E-state index contributed by atoms with van der Waals surface area (Å²) in [6, 6.07) is 18.7. The Labute approximate surface area is 215 Å². The van der Waals surface area contributed by atoms with Crippen LogP contribution in [0.15, 0.2) is 60.7 Å². The molecule has 0 aromatic heterocycles. The number of rotatable bonds is 7. The van der Waals surface area contributed by atoms with E-state index in [1.165, 1.54) is 0 Å². The second kappa shape index (κ2) is 11.1. The summed E-state index contributed by atoms with van der Waals surface area (Å²) < 4.78 is 37.8. The molecule has 8 heteroatoms. The van der Waals surface area contributed by atoms with Gasteiger partial charge in [0.15, 0.2) is 27.0 Å². The highest BCUT2D eigenvalue weighted by atomic mass is 28.4. The first-order chi connectivity index (χ1) is 17.1. The number of hydrogen-bond donors (Lipinski definition) is 0. The largest absolute Gasteiger partial charge is 0.450 e. The molecule has 196 valence electrons. The molecule has 7 nitrogen and oxygen atoms in total. The van der Waals surface area contributed by atoms with Crippen molar-refractivity contribution in [3.63, 3.8) is 0 Å². The summed E-state index contributed by atoms with van der Waals surface area (Å²) in [5.74, 6) is -0.456. The van der Waals surface area contributed by atoms with Crippen molar-refractivity contribution in [3.8, 4) is 0 Å². The molecule has 0 radical (unpaired) electrons. The zero-order valence-electron chi connectivity index (χ0n) is 22.0. The zero-order chi connectivity index (χ0) is 25.9. The van der Waals surface area contributed by atoms with Crippen LogP contribution < -0.4 is 0 Å². The van der Waals surface area contributed by atoms with E-state index < -0.39 is 51.3 Å². The number of carbonyl (C=O) groups is 1. The fourth-order valence-corrected chi connectivity index (χ4v) is 5.47. The van der Waals surface area contributed by atoms with Crippen molar-refractivity contribution < 1.29 is 32.9 Å². The van der Waals surface area contributed by atoms with Crippen molar-refractivity contribution >= 4 is 14.3 Å². The topological polar surface area (TPSA) is 72.5 Å². The minimum atomic E-state index is -2.32. The van der Waals surface area contributed by atoms with Crippen LogP contribution in [0.1, 0.15) is 49.9 Å². The lowest BCUT2D eigenvalue weighted by Gasteiger charge is -2.51. The molecule has 36 heavy (non-hydrogen) atoms. The van der Waals surface area contributed by atoms with E-state index in [0.29, 0.717) is 18.8 Å². The Hall–Kier alpha value is -2.07.